The normalized spacial score (nSPS) is 13.4. The maximum absolute atomic E-state index is 7.15. The average Bonchev–Trinajstić information content (AvgIpc) is 1.49. The van der Waals surface area contributed by atoms with E-state index in [4.69, 9.17) is 9.72 Å². The van der Waals surface area contributed by atoms with Crippen molar-refractivity contribution in [3.63, 3.8) is 0 Å². The molecule has 504 valence electrons. The predicted molar refractivity (Wildman–Crippen MR) is 424 cm³/mol. The van der Waals surface area contributed by atoms with Crippen LogP contribution in [-0.4, -0.2) is 9.55 Å². The number of rotatable bonds is 10. The van der Waals surface area contributed by atoms with Crippen LogP contribution < -0.4 is 14.5 Å². The van der Waals surface area contributed by atoms with Gasteiger partial charge in [0, 0.05) is 78.0 Å². The molecule has 18 rings (SSSR count). The van der Waals surface area contributed by atoms with Crippen LogP contribution in [0.1, 0.15) is 101 Å². The Balaban J connectivity index is 0.00000787. The molecule has 6 heteroatoms. The quantitative estimate of drug-likeness (QED) is 0.128. The van der Waals surface area contributed by atoms with Crippen molar-refractivity contribution in [1.29, 1.82) is 0 Å². The molecule has 2 aliphatic carbocycles. The van der Waals surface area contributed by atoms with Gasteiger partial charge >= 0.3 is 0 Å². The monoisotopic (exact) mass is 1510 g/mol. The van der Waals surface area contributed by atoms with Crippen LogP contribution >= 0.6 is 0 Å². The molecule has 5 nitrogen and oxygen atoms in total. The zero-order valence-corrected chi connectivity index (χ0v) is 61.7. The van der Waals surface area contributed by atoms with E-state index in [0.29, 0.717) is 11.5 Å². The number of hydrogen-bond acceptors (Lipinski definition) is 4. The molecule has 2 aromatic heterocycles. The summed E-state index contributed by atoms with van der Waals surface area (Å²) < 4.78 is 9.48. The maximum atomic E-state index is 7.15. The number of para-hydroxylation sites is 3. The summed E-state index contributed by atoms with van der Waals surface area (Å²) in [7, 11) is 0. The molecule has 0 unspecified atom stereocenters. The summed E-state index contributed by atoms with van der Waals surface area (Å²) in [6.07, 6.45) is 2.09. The van der Waals surface area contributed by atoms with Gasteiger partial charge in [-0.1, -0.05) is 298 Å². The van der Waals surface area contributed by atoms with E-state index in [0.717, 1.165) is 83.8 Å². The molecule has 3 heterocycles. The fourth-order valence-electron chi connectivity index (χ4n) is 16.4. The van der Waals surface area contributed by atoms with Gasteiger partial charge in [0.1, 0.15) is 5.82 Å². The Kier molecular flexibility index (Phi) is 15.7. The predicted octanol–water partition coefficient (Wildman–Crippen LogP) is 25.5. The van der Waals surface area contributed by atoms with E-state index in [1.165, 1.54) is 83.5 Å². The molecule has 0 saturated carbocycles. The first-order valence-electron chi connectivity index (χ1n) is 35.7. The molecular weight excluding hydrogens is 1430 g/mol. The van der Waals surface area contributed by atoms with E-state index < -0.39 is 5.41 Å². The zero-order chi connectivity index (χ0) is 69.4. The van der Waals surface area contributed by atoms with Gasteiger partial charge in [0.05, 0.1) is 5.41 Å². The minimum atomic E-state index is -0.521. The van der Waals surface area contributed by atoms with Gasteiger partial charge in [-0.2, -0.15) is 12.1 Å². The van der Waals surface area contributed by atoms with E-state index in [9.17, 15) is 0 Å². The zero-order valence-electron chi connectivity index (χ0n) is 59.4. The van der Waals surface area contributed by atoms with Gasteiger partial charge < -0.3 is 19.1 Å². The number of anilines is 4. The first-order valence-corrected chi connectivity index (χ1v) is 35.7. The van der Waals surface area contributed by atoms with Crippen LogP contribution in [0.2, 0.25) is 0 Å². The fraction of sp³-hybridized carbons (Fsp3) is 0.134. The third kappa shape index (κ3) is 10.8. The number of fused-ring (bicyclic) bond motifs is 15. The van der Waals surface area contributed by atoms with Crippen LogP contribution in [0.4, 0.5) is 22.7 Å². The van der Waals surface area contributed by atoms with Crippen LogP contribution in [-0.2, 0) is 42.7 Å². The summed E-state index contributed by atoms with van der Waals surface area (Å²) in [6, 6.07) is 115. The van der Waals surface area contributed by atoms with E-state index >= 15 is 0 Å². The SMILES string of the molecule is CC(C)(C)c1ccc(-c2cnc(-n3c4[c-]c(Oc5[c-]c(N6[CH-]N(c7c(-c8ccc(-c9ccccc9)cc8)cccc7-c7cc(-c8ccccc8)cc(C(C)(C)C)c7)c7ccccc76)ccc5)ccc4c4c5c(ccc43)C3(c4ccccc4-c4ccccc43)c3ccccc3-5)cc2C(C)(C)C)cc1.[Pt]. The maximum Gasteiger partial charge on any atom is 0.135 e. The summed E-state index contributed by atoms with van der Waals surface area (Å²) in [4.78, 5) is 10.1. The standard InChI is InChI=1S/C97H77N4O.Pt/c1-94(2,3)69-48-46-66(47-49-69)80-60-98-90(59-85(80)96(7,8)9)101-88-53-52-84-91(78-34-18-21-39-83(78)97(84)81-37-19-16-32-76(81)77-33-17-20-38-82(77)97)92(88)79-51-50-73(58-89(79)101)102-72-31-24-30-71(57-72)99-61-100(87-41-23-22-40-86(87)99)93-74(65-44-42-64(43-45-65)62-26-12-10-13-27-62)35-25-36-75(93)68-54-67(63-28-14-11-15-29-63)55-70(56-68)95(4,5)6;/h10-56,59-61H,1-9H3;/q-3;. The second kappa shape index (κ2) is 24.9. The number of ether oxygens (including phenoxy) is 1. The third-order valence-corrected chi connectivity index (χ3v) is 21.4. The van der Waals surface area contributed by atoms with Crippen molar-refractivity contribution in [2.75, 3.05) is 9.80 Å². The minimum absolute atomic E-state index is 0. The molecule has 0 saturated heterocycles. The number of pyridine rings is 1. The van der Waals surface area contributed by atoms with Crippen molar-refractivity contribution in [1.82, 2.24) is 9.55 Å². The Morgan fingerprint density at radius 1 is 0.379 bits per heavy atom. The van der Waals surface area contributed by atoms with Gasteiger partial charge in [0.15, 0.2) is 0 Å². The summed E-state index contributed by atoms with van der Waals surface area (Å²) in [5.41, 5.74) is 30.5. The van der Waals surface area contributed by atoms with Gasteiger partial charge in [0.25, 0.3) is 0 Å². The molecule has 0 bridgehead atoms. The first-order chi connectivity index (χ1) is 49.5. The van der Waals surface area contributed by atoms with Gasteiger partial charge in [-0.25, -0.2) is 4.98 Å². The van der Waals surface area contributed by atoms with Crippen molar-refractivity contribution < 1.29 is 25.8 Å². The summed E-state index contributed by atoms with van der Waals surface area (Å²) >= 11 is 0. The summed E-state index contributed by atoms with van der Waals surface area (Å²) in [5.74, 6) is 1.94. The average molecular weight is 1510 g/mol. The molecule has 103 heavy (non-hydrogen) atoms. The number of nitrogens with zero attached hydrogens (tertiary/aromatic N) is 4. The fourth-order valence-corrected chi connectivity index (χ4v) is 16.4. The smallest absolute Gasteiger partial charge is 0.135 e. The van der Waals surface area contributed by atoms with Gasteiger partial charge in [-0.05, 0) is 152 Å². The second-order valence-corrected chi connectivity index (χ2v) is 30.8. The molecule has 15 aromatic rings. The molecular formula is C97H77N4OPt-3. The Labute approximate surface area is 619 Å². The van der Waals surface area contributed by atoms with Crippen LogP contribution in [0.15, 0.2) is 297 Å². The van der Waals surface area contributed by atoms with Gasteiger partial charge in [-0.3, -0.25) is 0 Å². The third-order valence-electron chi connectivity index (χ3n) is 21.4. The number of benzene rings is 13. The van der Waals surface area contributed by atoms with Crippen molar-refractivity contribution >= 4 is 44.6 Å². The topological polar surface area (TPSA) is 33.5 Å². The second-order valence-electron chi connectivity index (χ2n) is 30.8. The Bertz CT molecular complexity index is 5780. The van der Waals surface area contributed by atoms with Crippen LogP contribution in [0.25, 0.3) is 106 Å². The Hall–Kier alpha value is -11.1. The molecule has 1 spiro atoms. The van der Waals surface area contributed by atoms with E-state index in [2.05, 4.69) is 387 Å². The summed E-state index contributed by atoms with van der Waals surface area (Å²) in [6.45, 7) is 22.9. The van der Waals surface area contributed by atoms with Crippen molar-refractivity contribution in [3.8, 4) is 95.2 Å². The molecule has 0 amide bonds. The Morgan fingerprint density at radius 3 is 1.54 bits per heavy atom. The molecule has 3 aliphatic rings. The number of hydrogen-bond donors (Lipinski definition) is 0. The van der Waals surface area contributed by atoms with Crippen LogP contribution in [0.3, 0.4) is 0 Å². The minimum Gasteiger partial charge on any atom is -0.509 e. The molecule has 0 atom stereocenters. The van der Waals surface area contributed by atoms with Crippen molar-refractivity contribution in [2.24, 2.45) is 0 Å². The molecule has 0 N–H and O–H groups in total. The van der Waals surface area contributed by atoms with E-state index in [-0.39, 0.29) is 37.3 Å². The van der Waals surface area contributed by atoms with Crippen molar-refractivity contribution in [3.05, 3.63) is 355 Å². The van der Waals surface area contributed by atoms with Crippen molar-refractivity contribution in [2.45, 2.75) is 84.0 Å². The van der Waals surface area contributed by atoms with Crippen LogP contribution in [0, 0.1) is 18.8 Å². The Morgan fingerprint density at radius 2 is 0.893 bits per heavy atom. The molecule has 1 aliphatic heterocycles. The summed E-state index contributed by atoms with van der Waals surface area (Å²) in [5, 5.41) is 2.22. The van der Waals surface area contributed by atoms with Crippen LogP contribution in [0.5, 0.6) is 11.5 Å². The molecule has 0 radical (unpaired) electrons. The largest absolute Gasteiger partial charge is 0.509 e. The van der Waals surface area contributed by atoms with Gasteiger partial charge in [-0.15, -0.1) is 48.1 Å². The number of aromatic nitrogens is 2. The molecule has 0 fully saturated rings. The van der Waals surface area contributed by atoms with E-state index in [1.54, 1.807) is 0 Å². The first kappa shape index (κ1) is 65.2. The van der Waals surface area contributed by atoms with E-state index in [1.807, 2.05) is 6.07 Å². The van der Waals surface area contributed by atoms with Gasteiger partial charge in [0.2, 0.25) is 0 Å². The molecule has 13 aromatic carbocycles.